The zero-order valence-electron chi connectivity index (χ0n) is 19.9. The number of pyridine rings is 1. The lowest BCUT2D eigenvalue weighted by molar-refractivity contribution is 0.104. The Morgan fingerprint density at radius 1 is 1.06 bits per heavy atom. The van der Waals surface area contributed by atoms with Crippen molar-refractivity contribution >= 4 is 17.6 Å². The maximum atomic E-state index is 15.5. The Bertz CT molecular complexity index is 1260. The van der Waals surface area contributed by atoms with Gasteiger partial charge in [-0.3, -0.25) is 0 Å². The number of phenolic OH excluding ortho intramolecular Hbond substituents is 1. The lowest BCUT2D eigenvalue weighted by atomic mass is 9.82. The van der Waals surface area contributed by atoms with Crippen molar-refractivity contribution in [2.24, 2.45) is 0 Å². The summed E-state index contributed by atoms with van der Waals surface area (Å²) < 4.78 is 29.8. The van der Waals surface area contributed by atoms with Crippen LogP contribution in [0, 0.1) is 5.82 Å². The molecule has 0 spiro atoms. The molecule has 2 aromatic heterocycles. The minimum Gasteiger partial charge on any atom is -0.507 e. The van der Waals surface area contributed by atoms with Crippen LogP contribution in [0.5, 0.6) is 5.75 Å². The van der Waals surface area contributed by atoms with Crippen molar-refractivity contribution < 1.29 is 13.9 Å². The normalized spacial score (nSPS) is 25.5. The average Bonchev–Trinajstić information content (AvgIpc) is 3.73. The van der Waals surface area contributed by atoms with Gasteiger partial charge < -0.3 is 15.3 Å². The van der Waals surface area contributed by atoms with Gasteiger partial charge in [-0.05, 0) is 62.1 Å². The number of rotatable bonds is 6. The topological polar surface area (TPSA) is 87.1 Å². The van der Waals surface area contributed by atoms with Crippen LogP contribution in [-0.2, 0) is 0 Å². The lowest BCUT2D eigenvalue weighted by Crippen LogP contribution is -2.62. The van der Waals surface area contributed by atoms with Crippen LogP contribution >= 0.6 is 11.8 Å². The molecule has 3 aliphatic rings. The molecule has 1 aliphatic carbocycles. The summed E-state index contributed by atoms with van der Waals surface area (Å²) in [6.07, 6.45) is 9.53. The summed E-state index contributed by atoms with van der Waals surface area (Å²) in [5.41, 5.74) is 1.29. The quantitative estimate of drug-likeness (QED) is 0.459. The van der Waals surface area contributed by atoms with Crippen LogP contribution in [0.2, 0.25) is 0 Å². The molecule has 1 saturated carbocycles. The molecule has 10 heteroatoms. The first kappa shape index (κ1) is 23.5. The highest BCUT2D eigenvalue weighted by Crippen LogP contribution is 2.39. The number of phenols is 1. The number of halogens is 2. The number of anilines is 1. The van der Waals surface area contributed by atoms with Crippen LogP contribution in [0.1, 0.15) is 38.5 Å². The number of piperidine rings is 2. The molecule has 7 nitrogen and oxygen atoms in total. The number of nitrogens with zero attached hydrogens (tertiary/aromatic N) is 5. The Kier molecular flexibility index (Phi) is 6.25. The van der Waals surface area contributed by atoms with Crippen LogP contribution in [0.3, 0.4) is 0 Å². The first-order valence-corrected chi connectivity index (χ1v) is 13.7. The van der Waals surface area contributed by atoms with E-state index in [1.54, 1.807) is 24.4 Å². The number of hydrogen-bond donors (Lipinski definition) is 2. The molecular weight excluding hydrogens is 482 g/mol. The maximum Gasteiger partial charge on any atom is 0.185 e. The molecular formula is C26H28F2N6OS. The standard InChI is InChI=1S/C26H28F2N6OS/c1-36-24-11-18(19(27)12-29-24)14-5-8-17(22(35)9-14)26-30-13-23(32-33-26)34(16-6-7-16)21-10-15-3-2-4-20(31-15)25(21)28/h5,8-9,11-13,15-16,20-21,25,31,35H,2-4,6-7,10H2,1H3/t15-,20+,21+,25-/m0/s1. The number of hydrogen-bond acceptors (Lipinski definition) is 8. The van der Waals surface area contributed by atoms with Crippen molar-refractivity contribution in [3.8, 4) is 28.3 Å². The van der Waals surface area contributed by atoms with Crippen LogP contribution < -0.4 is 10.2 Å². The molecule has 188 valence electrons. The molecule has 2 bridgehead atoms. The summed E-state index contributed by atoms with van der Waals surface area (Å²) in [5, 5.41) is 23.6. The second-order valence-electron chi connectivity index (χ2n) is 9.87. The van der Waals surface area contributed by atoms with Gasteiger partial charge in [0.1, 0.15) is 17.7 Å². The van der Waals surface area contributed by atoms with Gasteiger partial charge in [-0.15, -0.1) is 22.0 Å². The molecule has 2 N–H and O–H groups in total. The number of aromatic hydroxyl groups is 1. The Morgan fingerprint density at radius 2 is 1.92 bits per heavy atom. The lowest BCUT2D eigenvalue weighted by Gasteiger charge is -2.47. The number of nitrogens with one attached hydrogen (secondary N) is 1. The molecule has 3 fully saturated rings. The predicted molar refractivity (Wildman–Crippen MR) is 135 cm³/mol. The number of fused-ring (bicyclic) bond motifs is 2. The predicted octanol–water partition coefficient (Wildman–Crippen LogP) is 4.76. The molecule has 0 unspecified atom stereocenters. The van der Waals surface area contributed by atoms with Gasteiger partial charge in [-0.2, -0.15) is 0 Å². The van der Waals surface area contributed by atoms with Crippen molar-refractivity contribution in [2.45, 2.75) is 73.9 Å². The van der Waals surface area contributed by atoms with Crippen LogP contribution in [0.25, 0.3) is 22.5 Å². The van der Waals surface area contributed by atoms with Gasteiger partial charge in [-0.25, -0.2) is 18.7 Å². The Hall–Kier alpha value is -2.85. The van der Waals surface area contributed by atoms with Gasteiger partial charge in [0.2, 0.25) is 0 Å². The van der Waals surface area contributed by atoms with Gasteiger partial charge >= 0.3 is 0 Å². The third kappa shape index (κ3) is 4.41. The smallest absolute Gasteiger partial charge is 0.185 e. The summed E-state index contributed by atoms with van der Waals surface area (Å²) in [4.78, 5) is 10.6. The molecule has 2 aliphatic heterocycles. The fourth-order valence-corrected chi connectivity index (χ4v) is 5.97. The third-order valence-electron chi connectivity index (χ3n) is 7.50. The number of thioether (sulfide) groups is 1. The summed E-state index contributed by atoms with van der Waals surface area (Å²) in [5.74, 6) is 0.305. The Labute approximate surface area is 212 Å². The first-order valence-electron chi connectivity index (χ1n) is 12.4. The van der Waals surface area contributed by atoms with Gasteiger partial charge in [0.15, 0.2) is 11.6 Å². The zero-order valence-corrected chi connectivity index (χ0v) is 20.8. The van der Waals surface area contributed by atoms with E-state index in [0.29, 0.717) is 33.6 Å². The minimum atomic E-state index is -0.958. The van der Waals surface area contributed by atoms with Gasteiger partial charge in [0.05, 0.1) is 29.0 Å². The van der Waals surface area contributed by atoms with Crippen molar-refractivity contribution in [3.05, 3.63) is 42.5 Å². The second-order valence-corrected chi connectivity index (χ2v) is 10.7. The SMILES string of the molecule is CSc1cc(-c2ccc(-c3ncc(N(C4CC4)[C@@H]4C[C@@H]5CCC[C@@H](N5)[C@@H]4F)nn3)c(O)c2)c(F)cn1. The Morgan fingerprint density at radius 3 is 2.64 bits per heavy atom. The molecule has 3 aromatic rings. The van der Waals surface area contributed by atoms with E-state index in [1.807, 2.05) is 6.26 Å². The number of alkyl halides is 1. The highest BCUT2D eigenvalue weighted by Gasteiger charge is 2.46. The Balaban J connectivity index is 1.26. The summed E-state index contributed by atoms with van der Waals surface area (Å²) in [6, 6.07) is 6.80. The van der Waals surface area contributed by atoms with E-state index < -0.39 is 12.0 Å². The number of aromatic nitrogens is 4. The molecule has 1 aromatic carbocycles. The third-order valence-corrected chi connectivity index (χ3v) is 8.14. The molecule has 4 heterocycles. The van der Waals surface area contributed by atoms with Crippen molar-refractivity contribution in [1.82, 2.24) is 25.5 Å². The number of benzene rings is 1. The molecule has 36 heavy (non-hydrogen) atoms. The van der Waals surface area contributed by atoms with E-state index in [0.717, 1.165) is 38.5 Å². The fourth-order valence-electron chi connectivity index (χ4n) is 5.58. The van der Waals surface area contributed by atoms with Crippen molar-refractivity contribution in [2.75, 3.05) is 11.2 Å². The van der Waals surface area contributed by atoms with E-state index in [1.165, 1.54) is 24.0 Å². The zero-order chi connectivity index (χ0) is 24.8. The molecule has 0 radical (unpaired) electrons. The average molecular weight is 511 g/mol. The summed E-state index contributed by atoms with van der Waals surface area (Å²) >= 11 is 1.42. The fraction of sp³-hybridized carbons (Fsp3) is 0.462. The van der Waals surface area contributed by atoms with Crippen molar-refractivity contribution in [1.29, 1.82) is 0 Å². The molecule has 0 amide bonds. The van der Waals surface area contributed by atoms with Gasteiger partial charge in [-0.1, -0.05) is 12.5 Å². The molecule has 4 atom stereocenters. The highest BCUT2D eigenvalue weighted by molar-refractivity contribution is 7.98. The van der Waals surface area contributed by atoms with E-state index in [2.05, 4.69) is 30.4 Å². The van der Waals surface area contributed by atoms with E-state index in [-0.39, 0.29) is 29.7 Å². The van der Waals surface area contributed by atoms with E-state index in [9.17, 15) is 9.50 Å². The second kappa shape index (κ2) is 9.55. The molecule has 2 saturated heterocycles. The maximum absolute atomic E-state index is 15.5. The van der Waals surface area contributed by atoms with Gasteiger partial charge in [0.25, 0.3) is 0 Å². The van der Waals surface area contributed by atoms with E-state index >= 15 is 4.39 Å². The van der Waals surface area contributed by atoms with Crippen molar-refractivity contribution in [3.63, 3.8) is 0 Å². The first-order chi connectivity index (χ1) is 17.5. The largest absolute Gasteiger partial charge is 0.507 e. The monoisotopic (exact) mass is 510 g/mol. The minimum absolute atomic E-state index is 0.0713. The van der Waals surface area contributed by atoms with Crippen LogP contribution in [0.4, 0.5) is 14.6 Å². The van der Waals surface area contributed by atoms with Gasteiger partial charge in [0, 0.05) is 23.7 Å². The summed E-state index contributed by atoms with van der Waals surface area (Å²) in [7, 11) is 0. The molecule has 6 rings (SSSR count). The van der Waals surface area contributed by atoms with E-state index in [4.69, 9.17) is 0 Å². The summed E-state index contributed by atoms with van der Waals surface area (Å²) in [6.45, 7) is 0. The van der Waals surface area contributed by atoms with Crippen LogP contribution in [-0.4, -0.2) is 61.9 Å². The van der Waals surface area contributed by atoms with Crippen LogP contribution in [0.15, 0.2) is 41.7 Å². The highest BCUT2D eigenvalue weighted by atomic mass is 32.2.